The van der Waals surface area contributed by atoms with Crippen LogP contribution in [0.4, 0.5) is 11.4 Å². The molecule has 0 radical (unpaired) electrons. The van der Waals surface area contributed by atoms with Crippen molar-refractivity contribution in [2.75, 3.05) is 7.11 Å². The fourth-order valence-corrected chi connectivity index (χ4v) is 3.11. The minimum atomic E-state index is -0.487. The van der Waals surface area contributed by atoms with Gasteiger partial charge in [-0.25, -0.2) is 4.98 Å². The molecular formula is C16H11N5O3S. The zero-order valence-electron chi connectivity index (χ0n) is 13.0. The summed E-state index contributed by atoms with van der Waals surface area (Å²) in [6, 6.07) is 11.8. The number of rotatable bonds is 5. The van der Waals surface area contributed by atoms with Crippen molar-refractivity contribution < 1.29 is 9.66 Å². The van der Waals surface area contributed by atoms with Crippen molar-refractivity contribution >= 4 is 22.7 Å². The van der Waals surface area contributed by atoms with E-state index in [-0.39, 0.29) is 11.4 Å². The maximum atomic E-state index is 11.2. The number of azide groups is 1. The zero-order chi connectivity index (χ0) is 17.8. The molecule has 0 saturated heterocycles. The Morgan fingerprint density at radius 2 is 2.12 bits per heavy atom. The third-order valence-electron chi connectivity index (χ3n) is 3.43. The van der Waals surface area contributed by atoms with Crippen molar-refractivity contribution in [2.45, 2.75) is 0 Å². The van der Waals surface area contributed by atoms with Crippen molar-refractivity contribution in [2.24, 2.45) is 5.11 Å². The van der Waals surface area contributed by atoms with Gasteiger partial charge in [0.05, 0.1) is 17.7 Å². The summed E-state index contributed by atoms with van der Waals surface area (Å²) < 4.78 is 5.01. The van der Waals surface area contributed by atoms with Crippen LogP contribution in [0.15, 0.2) is 53.0 Å². The van der Waals surface area contributed by atoms with Crippen molar-refractivity contribution in [1.82, 2.24) is 4.98 Å². The fraction of sp³-hybridized carbons (Fsp3) is 0.0625. The molecule has 2 aromatic carbocycles. The highest BCUT2D eigenvalue weighted by Gasteiger charge is 2.17. The van der Waals surface area contributed by atoms with Gasteiger partial charge < -0.3 is 4.74 Å². The Kier molecular flexibility index (Phi) is 4.60. The largest absolute Gasteiger partial charge is 0.490 e. The molecule has 0 spiro atoms. The smallest absolute Gasteiger partial charge is 0.311 e. The van der Waals surface area contributed by atoms with Crippen LogP contribution in [0, 0.1) is 10.1 Å². The van der Waals surface area contributed by atoms with Gasteiger partial charge in [-0.15, -0.1) is 11.3 Å². The van der Waals surface area contributed by atoms with E-state index in [1.165, 1.54) is 24.5 Å². The van der Waals surface area contributed by atoms with Gasteiger partial charge in [0.2, 0.25) is 0 Å². The highest BCUT2D eigenvalue weighted by Crippen LogP contribution is 2.35. The van der Waals surface area contributed by atoms with Crippen molar-refractivity contribution in [3.05, 3.63) is 68.4 Å². The Balaban J connectivity index is 1.99. The molecule has 25 heavy (non-hydrogen) atoms. The van der Waals surface area contributed by atoms with Crippen molar-refractivity contribution in [1.29, 1.82) is 0 Å². The summed E-state index contributed by atoms with van der Waals surface area (Å²) in [5.74, 6) is 0.200. The Morgan fingerprint density at radius 3 is 2.84 bits per heavy atom. The van der Waals surface area contributed by atoms with E-state index >= 15 is 0 Å². The molecule has 3 rings (SSSR count). The number of benzene rings is 2. The number of thiazole rings is 1. The molecule has 0 N–H and O–H groups in total. The quantitative estimate of drug-likeness (QED) is 0.202. The molecule has 0 saturated carbocycles. The third kappa shape index (κ3) is 3.42. The van der Waals surface area contributed by atoms with Crippen LogP contribution in [0.3, 0.4) is 0 Å². The maximum absolute atomic E-state index is 11.2. The minimum Gasteiger partial charge on any atom is -0.490 e. The van der Waals surface area contributed by atoms with Crippen LogP contribution in [-0.4, -0.2) is 17.0 Å². The maximum Gasteiger partial charge on any atom is 0.311 e. The highest BCUT2D eigenvalue weighted by molar-refractivity contribution is 7.13. The molecule has 0 atom stereocenters. The van der Waals surface area contributed by atoms with E-state index in [1.807, 2.05) is 11.4 Å². The van der Waals surface area contributed by atoms with E-state index in [0.29, 0.717) is 16.9 Å². The summed E-state index contributed by atoms with van der Waals surface area (Å²) in [6.45, 7) is 0. The third-order valence-corrected chi connectivity index (χ3v) is 4.32. The Morgan fingerprint density at radius 1 is 1.28 bits per heavy atom. The van der Waals surface area contributed by atoms with Gasteiger partial charge in [-0.3, -0.25) is 10.1 Å². The van der Waals surface area contributed by atoms with Gasteiger partial charge in [0.1, 0.15) is 5.01 Å². The topological polar surface area (TPSA) is 114 Å². The van der Waals surface area contributed by atoms with Crippen LogP contribution < -0.4 is 4.74 Å². The summed E-state index contributed by atoms with van der Waals surface area (Å²) in [5.41, 5.74) is 11.0. The van der Waals surface area contributed by atoms with E-state index in [9.17, 15) is 10.1 Å². The number of ether oxygens (including phenoxy) is 1. The highest BCUT2D eigenvalue weighted by atomic mass is 32.1. The van der Waals surface area contributed by atoms with Gasteiger partial charge in [0, 0.05) is 33.2 Å². The standard InChI is InChI=1S/C16H11N5O3S/c1-24-15-6-5-10(8-14(15)21(22)23)13-9-25-16(18-13)11-3-2-4-12(7-11)19-20-17/h2-9H,1H3. The second kappa shape index (κ2) is 7.00. The first-order valence-corrected chi connectivity index (χ1v) is 7.94. The van der Waals surface area contributed by atoms with Gasteiger partial charge in [-0.2, -0.15) is 0 Å². The van der Waals surface area contributed by atoms with Crippen LogP contribution in [0.5, 0.6) is 5.75 Å². The Labute approximate surface area is 146 Å². The van der Waals surface area contributed by atoms with E-state index < -0.39 is 4.92 Å². The molecule has 1 heterocycles. The number of nitro benzene ring substituents is 1. The normalized spacial score (nSPS) is 10.1. The van der Waals surface area contributed by atoms with Crippen molar-refractivity contribution in [3.8, 4) is 27.6 Å². The number of aromatic nitrogens is 1. The van der Waals surface area contributed by atoms with Crippen LogP contribution in [0.25, 0.3) is 32.3 Å². The number of hydrogen-bond donors (Lipinski definition) is 0. The molecule has 8 nitrogen and oxygen atoms in total. The molecule has 124 valence electrons. The molecule has 0 aliphatic carbocycles. The molecule has 0 bridgehead atoms. The Bertz CT molecular complexity index is 995. The van der Waals surface area contributed by atoms with E-state index in [1.54, 1.807) is 30.3 Å². The molecule has 0 amide bonds. The average molecular weight is 353 g/mol. The molecule has 9 heteroatoms. The summed E-state index contributed by atoms with van der Waals surface area (Å²) in [6.07, 6.45) is 0. The molecule has 0 aliphatic heterocycles. The lowest BCUT2D eigenvalue weighted by Gasteiger charge is -2.03. The molecular weight excluding hydrogens is 342 g/mol. The molecule has 0 unspecified atom stereocenters. The summed E-state index contributed by atoms with van der Waals surface area (Å²) in [5, 5.41) is 17.3. The van der Waals surface area contributed by atoms with Gasteiger partial charge in [0.25, 0.3) is 0 Å². The first-order chi connectivity index (χ1) is 12.1. The second-order valence-corrected chi connectivity index (χ2v) is 5.78. The number of nitro groups is 1. The number of hydrogen-bond acceptors (Lipinski definition) is 6. The second-order valence-electron chi connectivity index (χ2n) is 4.92. The lowest BCUT2D eigenvalue weighted by atomic mass is 10.1. The first kappa shape index (κ1) is 16.4. The monoisotopic (exact) mass is 353 g/mol. The SMILES string of the molecule is COc1ccc(-c2csc(-c3cccc(N=[N+]=[N-])c3)n2)cc1[N+](=O)[O-]. The van der Waals surface area contributed by atoms with E-state index in [2.05, 4.69) is 15.0 Å². The van der Waals surface area contributed by atoms with E-state index in [4.69, 9.17) is 10.3 Å². The first-order valence-electron chi connectivity index (χ1n) is 7.06. The molecule has 0 aliphatic rings. The minimum absolute atomic E-state index is 0.111. The van der Waals surface area contributed by atoms with Crippen LogP contribution in [-0.2, 0) is 0 Å². The van der Waals surface area contributed by atoms with Crippen LogP contribution in [0.2, 0.25) is 0 Å². The number of nitrogens with zero attached hydrogens (tertiary/aromatic N) is 5. The average Bonchev–Trinajstić information content (AvgIpc) is 3.12. The summed E-state index contributed by atoms with van der Waals surface area (Å²) in [7, 11) is 1.39. The van der Waals surface area contributed by atoms with Crippen molar-refractivity contribution in [3.63, 3.8) is 0 Å². The van der Waals surface area contributed by atoms with Gasteiger partial charge in [-0.1, -0.05) is 23.3 Å². The lowest BCUT2D eigenvalue weighted by molar-refractivity contribution is -0.385. The van der Waals surface area contributed by atoms with Gasteiger partial charge >= 0.3 is 5.69 Å². The van der Waals surface area contributed by atoms with Crippen LogP contribution in [0.1, 0.15) is 0 Å². The van der Waals surface area contributed by atoms with Crippen LogP contribution >= 0.6 is 11.3 Å². The fourth-order valence-electron chi connectivity index (χ4n) is 2.28. The summed E-state index contributed by atoms with van der Waals surface area (Å²) >= 11 is 1.40. The number of methoxy groups -OCH3 is 1. The Hall–Kier alpha value is -3.42. The lowest BCUT2D eigenvalue weighted by Crippen LogP contribution is -1.94. The van der Waals surface area contributed by atoms with Gasteiger partial charge in [0.15, 0.2) is 5.75 Å². The van der Waals surface area contributed by atoms with E-state index in [0.717, 1.165) is 10.6 Å². The zero-order valence-corrected chi connectivity index (χ0v) is 13.8. The molecule has 1 aromatic heterocycles. The van der Waals surface area contributed by atoms with Gasteiger partial charge in [-0.05, 0) is 23.7 Å². The predicted octanol–water partition coefficient (Wildman–Crippen LogP) is 5.34. The predicted molar refractivity (Wildman–Crippen MR) is 95.0 cm³/mol. The summed E-state index contributed by atoms with van der Waals surface area (Å²) in [4.78, 5) is 18.0. The molecule has 3 aromatic rings. The molecule has 0 fully saturated rings.